The zero-order chi connectivity index (χ0) is 14.4. The summed E-state index contributed by atoms with van der Waals surface area (Å²) in [6.07, 6.45) is 0. The normalized spacial score (nSPS) is 11.9. The van der Waals surface area contributed by atoms with E-state index in [0.29, 0.717) is 0 Å². The van der Waals surface area contributed by atoms with E-state index >= 15 is 0 Å². The van der Waals surface area contributed by atoms with E-state index in [9.17, 15) is 4.79 Å². The number of amides is 2. The summed E-state index contributed by atoms with van der Waals surface area (Å²) >= 11 is 0. The molecular weight excluding hydrogens is 244 g/mol. The molecule has 2 amide bonds. The summed E-state index contributed by atoms with van der Waals surface area (Å²) in [5.41, 5.74) is 0.876. The lowest BCUT2D eigenvalue weighted by Gasteiger charge is -2.19. The molecule has 0 radical (unpaired) electrons. The van der Waals surface area contributed by atoms with Crippen molar-refractivity contribution >= 4 is 6.03 Å². The summed E-state index contributed by atoms with van der Waals surface area (Å²) in [5.74, 6) is 1.45. The van der Waals surface area contributed by atoms with Gasteiger partial charge in [-0.15, -0.1) is 0 Å². The number of carbonyl (C=O) groups excluding carboxylic acids is 1. The predicted octanol–water partition coefficient (Wildman–Crippen LogP) is 2.47. The van der Waals surface area contributed by atoms with Crippen molar-refractivity contribution in [3.63, 3.8) is 0 Å². The second-order valence-corrected chi connectivity index (χ2v) is 4.60. The Balaban J connectivity index is 2.85. The molecule has 0 saturated heterocycles. The van der Waals surface area contributed by atoms with Gasteiger partial charge >= 0.3 is 6.03 Å². The van der Waals surface area contributed by atoms with Crippen LogP contribution in [0.25, 0.3) is 0 Å². The molecule has 19 heavy (non-hydrogen) atoms. The maximum Gasteiger partial charge on any atom is 0.315 e. The molecular formula is C14H22N2O3. The first-order chi connectivity index (χ1) is 8.97. The van der Waals surface area contributed by atoms with Gasteiger partial charge in [-0.1, -0.05) is 0 Å². The standard InChI is InChI=1S/C14H22N2O3/c1-9(2)15-14(17)16-10(3)12-8-11(18-4)6-7-13(12)19-5/h6-10H,1-5H3,(H2,15,16,17). The van der Waals surface area contributed by atoms with Gasteiger partial charge in [0.25, 0.3) is 0 Å². The molecule has 1 aromatic carbocycles. The number of carbonyl (C=O) groups is 1. The Labute approximate surface area is 114 Å². The van der Waals surface area contributed by atoms with Crippen LogP contribution in [0.2, 0.25) is 0 Å². The summed E-state index contributed by atoms with van der Waals surface area (Å²) in [5, 5.41) is 5.66. The summed E-state index contributed by atoms with van der Waals surface area (Å²) in [6.45, 7) is 5.73. The van der Waals surface area contributed by atoms with E-state index in [1.807, 2.05) is 39.0 Å². The third-order valence-corrected chi connectivity index (χ3v) is 2.67. The van der Waals surface area contributed by atoms with Crippen molar-refractivity contribution in [3.8, 4) is 11.5 Å². The second-order valence-electron chi connectivity index (χ2n) is 4.60. The Morgan fingerprint density at radius 2 is 1.79 bits per heavy atom. The molecule has 0 bridgehead atoms. The lowest BCUT2D eigenvalue weighted by Crippen LogP contribution is -2.40. The summed E-state index contributed by atoms with van der Waals surface area (Å²) < 4.78 is 10.5. The molecule has 0 heterocycles. The average Bonchev–Trinajstić information content (AvgIpc) is 2.36. The number of hydrogen-bond acceptors (Lipinski definition) is 3. The highest BCUT2D eigenvalue weighted by Crippen LogP contribution is 2.29. The first kappa shape index (κ1) is 15.1. The zero-order valence-corrected chi connectivity index (χ0v) is 12.1. The van der Waals surface area contributed by atoms with Crippen molar-refractivity contribution in [3.05, 3.63) is 23.8 Å². The Morgan fingerprint density at radius 3 is 2.32 bits per heavy atom. The van der Waals surface area contributed by atoms with Crippen LogP contribution in [-0.4, -0.2) is 26.3 Å². The molecule has 0 fully saturated rings. The smallest absolute Gasteiger partial charge is 0.315 e. The van der Waals surface area contributed by atoms with E-state index in [2.05, 4.69) is 10.6 Å². The number of benzene rings is 1. The minimum absolute atomic E-state index is 0.0967. The third-order valence-electron chi connectivity index (χ3n) is 2.67. The van der Waals surface area contributed by atoms with Gasteiger partial charge < -0.3 is 20.1 Å². The molecule has 0 spiro atoms. The van der Waals surface area contributed by atoms with Gasteiger partial charge in [0, 0.05) is 11.6 Å². The van der Waals surface area contributed by atoms with Crippen LogP contribution in [0.3, 0.4) is 0 Å². The molecule has 1 aromatic rings. The Bertz CT molecular complexity index is 433. The van der Waals surface area contributed by atoms with Gasteiger partial charge in [-0.3, -0.25) is 0 Å². The summed E-state index contributed by atoms with van der Waals surface area (Å²) in [4.78, 5) is 11.7. The highest BCUT2D eigenvalue weighted by molar-refractivity contribution is 5.74. The maximum absolute atomic E-state index is 11.7. The van der Waals surface area contributed by atoms with E-state index < -0.39 is 0 Å². The molecule has 0 aromatic heterocycles. The highest BCUT2D eigenvalue weighted by atomic mass is 16.5. The third kappa shape index (κ3) is 4.35. The predicted molar refractivity (Wildman–Crippen MR) is 74.8 cm³/mol. The van der Waals surface area contributed by atoms with Crippen molar-refractivity contribution in [2.45, 2.75) is 32.9 Å². The van der Waals surface area contributed by atoms with Crippen LogP contribution in [0, 0.1) is 0 Å². The maximum atomic E-state index is 11.7. The number of rotatable bonds is 5. The van der Waals surface area contributed by atoms with Crippen molar-refractivity contribution in [1.29, 1.82) is 0 Å². The van der Waals surface area contributed by atoms with E-state index in [-0.39, 0.29) is 18.1 Å². The van der Waals surface area contributed by atoms with Gasteiger partial charge in [0.15, 0.2) is 0 Å². The van der Waals surface area contributed by atoms with Crippen LogP contribution in [-0.2, 0) is 0 Å². The summed E-state index contributed by atoms with van der Waals surface area (Å²) in [7, 11) is 3.21. The van der Waals surface area contributed by atoms with E-state index in [1.165, 1.54) is 0 Å². The average molecular weight is 266 g/mol. The van der Waals surface area contributed by atoms with Crippen LogP contribution in [0.4, 0.5) is 4.79 Å². The molecule has 0 aliphatic carbocycles. The molecule has 1 unspecified atom stereocenters. The van der Waals surface area contributed by atoms with E-state index in [1.54, 1.807) is 14.2 Å². The number of methoxy groups -OCH3 is 2. The van der Waals surface area contributed by atoms with Gasteiger partial charge in [0.05, 0.1) is 20.3 Å². The van der Waals surface area contributed by atoms with Gasteiger partial charge in [-0.2, -0.15) is 0 Å². The van der Waals surface area contributed by atoms with E-state index in [4.69, 9.17) is 9.47 Å². The van der Waals surface area contributed by atoms with Crippen LogP contribution in [0.1, 0.15) is 32.4 Å². The Hall–Kier alpha value is -1.91. The van der Waals surface area contributed by atoms with E-state index in [0.717, 1.165) is 17.1 Å². The SMILES string of the molecule is COc1ccc(OC)c(C(C)NC(=O)NC(C)C)c1. The molecule has 0 aliphatic rings. The van der Waals surface area contributed by atoms with Crippen molar-refractivity contribution in [2.24, 2.45) is 0 Å². The monoisotopic (exact) mass is 266 g/mol. The first-order valence-corrected chi connectivity index (χ1v) is 6.26. The fourth-order valence-corrected chi connectivity index (χ4v) is 1.76. The highest BCUT2D eigenvalue weighted by Gasteiger charge is 2.15. The molecule has 1 rings (SSSR count). The largest absolute Gasteiger partial charge is 0.497 e. The van der Waals surface area contributed by atoms with Crippen molar-refractivity contribution < 1.29 is 14.3 Å². The van der Waals surface area contributed by atoms with Crippen molar-refractivity contribution in [1.82, 2.24) is 10.6 Å². The fraction of sp³-hybridized carbons (Fsp3) is 0.500. The zero-order valence-electron chi connectivity index (χ0n) is 12.1. The number of ether oxygens (including phenoxy) is 2. The first-order valence-electron chi connectivity index (χ1n) is 6.26. The van der Waals surface area contributed by atoms with Gasteiger partial charge in [0.2, 0.25) is 0 Å². The molecule has 1 atom stereocenters. The molecule has 2 N–H and O–H groups in total. The molecule has 0 aliphatic heterocycles. The number of hydrogen-bond donors (Lipinski definition) is 2. The van der Waals surface area contributed by atoms with Gasteiger partial charge in [-0.05, 0) is 39.0 Å². The van der Waals surface area contributed by atoms with Crippen LogP contribution in [0.15, 0.2) is 18.2 Å². The fourth-order valence-electron chi connectivity index (χ4n) is 1.76. The quantitative estimate of drug-likeness (QED) is 0.860. The summed E-state index contributed by atoms with van der Waals surface area (Å²) in [6, 6.07) is 5.23. The Kier molecular flexibility index (Phi) is 5.48. The molecule has 5 nitrogen and oxygen atoms in total. The minimum Gasteiger partial charge on any atom is -0.497 e. The van der Waals surface area contributed by atoms with Crippen LogP contribution >= 0.6 is 0 Å². The molecule has 5 heteroatoms. The molecule has 0 saturated carbocycles. The number of urea groups is 1. The van der Waals surface area contributed by atoms with Gasteiger partial charge in [-0.25, -0.2) is 4.79 Å². The second kappa shape index (κ2) is 6.87. The van der Waals surface area contributed by atoms with Crippen LogP contribution < -0.4 is 20.1 Å². The lowest BCUT2D eigenvalue weighted by molar-refractivity contribution is 0.235. The Morgan fingerprint density at radius 1 is 1.11 bits per heavy atom. The van der Waals surface area contributed by atoms with Crippen LogP contribution in [0.5, 0.6) is 11.5 Å². The topological polar surface area (TPSA) is 59.6 Å². The lowest BCUT2D eigenvalue weighted by atomic mass is 10.1. The molecule has 106 valence electrons. The minimum atomic E-state index is -0.202. The number of nitrogens with one attached hydrogen (secondary N) is 2. The van der Waals surface area contributed by atoms with Crippen molar-refractivity contribution in [2.75, 3.05) is 14.2 Å². The van der Waals surface area contributed by atoms with Gasteiger partial charge in [0.1, 0.15) is 11.5 Å².